The van der Waals surface area contributed by atoms with Crippen LogP contribution in [0.3, 0.4) is 0 Å². The molecule has 0 saturated carbocycles. The Balaban J connectivity index is 1.54. The Hall–Kier alpha value is -2.49. The molecule has 0 aromatic heterocycles. The van der Waals surface area contributed by atoms with E-state index in [2.05, 4.69) is 71.0 Å². The summed E-state index contributed by atoms with van der Waals surface area (Å²) in [7, 11) is 0. The standard InChI is InChI=1S/C24H33N3O/c1-4-15-25-23-9-11-24(12-10-23)27-16-13-22(14-17-27)21-7-5-20(6-8-21)18(2)26-19(3)28/h5-12,18,22,25H,4,13-17H2,1-3H3,(H,26,28). The number of benzene rings is 2. The Bertz CT molecular complexity index is 746. The van der Waals surface area contributed by atoms with Crippen molar-refractivity contribution in [1.82, 2.24) is 5.32 Å². The van der Waals surface area contributed by atoms with Crippen molar-refractivity contribution < 1.29 is 4.79 Å². The summed E-state index contributed by atoms with van der Waals surface area (Å²) in [6.45, 7) is 8.98. The zero-order valence-corrected chi connectivity index (χ0v) is 17.4. The number of rotatable bonds is 7. The largest absolute Gasteiger partial charge is 0.385 e. The molecular formula is C24H33N3O. The van der Waals surface area contributed by atoms with E-state index >= 15 is 0 Å². The fourth-order valence-corrected chi connectivity index (χ4v) is 3.98. The van der Waals surface area contributed by atoms with Crippen molar-refractivity contribution in [2.75, 3.05) is 29.9 Å². The quantitative estimate of drug-likeness (QED) is 0.704. The molecule has 1 fully saturated rings. The second-order valence-electron chi connectivity index (χ2n) is 7.82. The van der Waals surface area contributed by atoms with Crippen LogP contribution in [0, 0.1) is 0 Å². The first-order valence-corrected chi connectivity index (χ1v) is 10.5. The van der Waals surface area contributed by atoms with E-state index in [-0.39, 0.29) is 11.9 Å². The van der Waals surface area contributed by atoms with Gasteiger partial charge in [-0.3, -0.25) is 4.79 Å². The molecule has 0 bridgehead atoms. The second-order valence-corrected chi connectivity index (χ2v) is 7.82. The van der Waals surface area contributed by atoms with Gasteiger partial charge in [-0.2, -0.15) is 0 Å². The van der Waals surface area contributed by atoms with E-state index in [0.717, 1.165) is 31.6 Å². The molecule has 4 heteroatoms. The van der Waals surface area contributed by atoms with Crippen molar-refractivity contribution in [3.63, 3.8) is 0 Å². The molecule has 1 aliphatic rings. The van der Waals surface area contributed by atoms with E-state index in [1.54, 1.807) is 6.92 Å². The van der Waals surface area contributed by atoms with Gasteiger partial charge < -0.3 is 15.5 Å². The zero-order chi connectivity index (χ0) is 19.9. The monoisotopic (exact) mass is 379 g/mol. The van der Waals surface area contributed by atoms with E-state index < -0.39 is 0 Å². The lowest BCUT2D eigenvalue weighted by Gasteiger charge is -2.34. The minimum absolute atomic E-state index is 0.0122. The fourth-order valence-electron chi connectivity index (χ4n) is 3.98. The first-order chi connectivity index (χ1) is 13.6. The van der Waals surface area contributed by atoms with Crippen LogP contribution in [0.5, 0.6) is 0 Å². The van der Waals surface area contributed by atoms with Crippen LogP contribution in [0.1, 0.15) is 63.1 Å². The SMILES string of the molecule is CCCNc1ccc(N2CCC(c3ccc(C(C)NC(C)=O)cc3)CC2)cc1. The maximum atomic E-state index is 11.2. The Labute approximate surface area is 169 Å². The normalized spacial score (nSPS) is 15.9. The molecule has 2 aromatic rings. The average molecular weight is 380 g/mol. The van der Waals surface area contributed by atoms with Gasteiger partial charge in [-0.05, 0) is 67.5 Å². The van der Waals surface area contributed by atoms with Gasteiger partial charge in [-0.25, -0.2) is 0 Å². The maximum Gasteiger partial charge on any atom is 0.217 e. The number of hydrogen-bond acceptors (Lipinski definition) is 3. The maximum absolute atomic E-state index is 11.2. The Morgan fingerprint density at radius 3 is 2.29 bits per heavy atom. The van der Waals surface area contributed by atoms with Gasteiger partial charge >= 0.3 is 0 Å². The third kappa shape index (κ3) is 5.28. The molecular weight excluding hydrogens is 346 g/mol. The van der Waals surface area contributed by atoms with Crippen molar-refractivity contribution in [2.45, 2.75) is 52.0 Å². The van der Waals surface area contributed by atoms with Crippen molar-refractivity contribution in [3.8, 4) is 0 Å². The van der Waals surface area contributed by atoms with E-state index in [9.17, 15) is 4.79 Å². The van der Waals surface area contributed by atoms with Crippen LogP contribution in [0.4, 0.5) is 11.4 Å². The lowest BCUT2D eigenvalue weighted by Crippen LogP contribution is -2.32. The summed E-state index contributed by atoms with van der Waals surface area (Å²) < 4.78 is 0. The topological polar surface area (TPSA) is 44.4 Å². The number of hydrogen-bond donors (Lipinski definition) is 2. The highest BCUT2D eigenvalue weighted by Gasteiger charge is 2.21. The van der Waals surface area contributed by atoms with Crippen LogP contribution in [0.15, 0.2) is 48.5 Å². The summed E-state index contributed by atoms with van der Waals surface area (Å²) in [4.78, 5) is 13.7. The second kappa shape index (κ2) is 9.63. The highest BCUT2D eigenvalue weighted by Crippen LogP contribution is 2.31. The first-order valence-electron chi connectivity index (χ1n) is 10.5. The summed E-state index contributed by atoms with van der Waals surface area (Å²) in [5.41, 5.74) is 5.10. The van der Waals surface area contributed by atoms with Gasteiger partial charge in [0.05, 0.1) is 6.04 Å². The average Bonchev–Trinajstić information content (AvgIpc) is 2.72. The molecule has 4 nitrogen and oxygen atoms in total. The van der Waals surface area contributed by atoms with Gasteiger partial charge in [0.25, 0.3) is 0 Å². The molecule has 150 valence electrons. The van der Waals surface area contributed by atoms with Crippen molar-refractivity contribution in [1.29, 1.82) is 0 Å². The minimum Gasteiger partial charge on any atom is -0.385 e. The van der Waals surface area contributed by atoms with E-state index in [4.69, 9.17) is 0 Å². The number of anilines is 2. The van der Waals surface area contributed by atoms with E-state index in [1.165, 1.54) is 29.8 Å². The predicted molar refractivity (Wildman–Crippen MR) is 118 cm³/mol. The highest BCUT2D eigenvalue weighted by atomic mass is 16.1. The summed E-state index contributed by atoms with van der Waals surface area (Å²) in [6, 6.07) is 17.7. The summed E-state index contributed by atoms with van der Waals surface area (Å²) in [5, 5.41) is 6.38. The van der Waals surface area contributed by atoms with Crippen molar-refractivity contribution in [3.05, 3.63) is 59.7 Å². The molecule has 0 spiro atoms. The summed E-state index contributed by atoms with van der Waals surface area (Å²) >= 11 is 0. The molecule has 2 aromatic carbocycles. The minimum atomic E-state index is 0.0122. The fraction of sp³-hybridized carbons (Fsp3) is 0.458. The van der Waals surface area contributed by atoms with Gasteiger partial charge in [-0.1, -0.05) is 31.2 Å². The molecule has 0 aliphatic carbocycles. The first kappa shape index (κ1) is 20.2. The van der Waals surface area contributed by atoms with Crippen molar-refractivity contribution >= 4 is 17.3 Å². The molecule has 1 aliphatic heterocycles. The van der Waals surface area contributed by atoms with Crippen LogP contribution < -0.4 is 15.5 Å². The third-order valence-corrected chi connectivity index (χ3v) is 5.63. The number of amides is 1. The van der Waals surface area contributed by atoms with Gasteiger partial charge in [0.2, 0.25) is 5.91 Å². The number of carbonyl (C=O) groups is 1. The van der Waals surface area contributed by atoms with E-state index in [0.29, 0.717) is 5.92 Å². The molecule has 28 heavy (non-hydrogen) atoms. The number of nitrogens with zero attached hydrogens (tertiary/aromatic N) is 1. The van der Waals surface area contributed by atoms with Crippen LogP contribution in [0.25, 0.3) is 0 Å². The molecule has 2 N–H and O–H groups in total. The van der Waals surface area contributed by atoms with Gasteiger partial charge in [-0.15, -0.1) is 0 Å². The Kier molecular flexibility index (Phi) is 6.96. The Morgan fingerprint density at radius 2 is 1.71 bits per heavy atom. The molecule has 0 radical (unpaired) electrons. The van der Waals surface area contributed by atoms with Crippen molar-refractivity contribution in [2.24, 2.45) is 0 Å². The third-order valence-electron chi connectivity index (χ3n) is 5.63. The molecule has 3 rings (SSSR count). The predicted octanol–water partition coefficient (Wildman–Crippen LogP) is 5.09. The molecule has 1 amide bonds. The molecule has 1 unspecified atom stereocenters. The molecule has 1 heterocycles. The van der Waals surface area contributed by atoms with E-state index in [1.807, 2.05) is 6.92 Å². The van der Waals surface area contributed by atoms with Crippen LogP contribution in [-0.2, 0) is 4.79 Å². The summed E-state index contributed by atoms with van der Waals surface area (Å²) in [6.07, 6.45) is 3.50. The van der Waals surface area contributed by atoms with Gasteiger partial charge in [0.15, 0.2) is 0 Å². The summed E-state index contributed by atoms with van der Waals surface area (Å²) in [5.74, 6) is 0.630. The lowest BCUT2D eigenvalue weighted by atomic mass is 9.88. The molecule has 1 saturated heterocycles. The van der Waals surface area contributed by atoms with Gasteiger partial charge in [0, 0.05) is 37.9 Å². The smallest absolute Gasteiger partial charge is 0.217 e. The number of carbonyl (C=O) groups excluding carboxylic acids is 1. The van der Waals surface area contributed by atoms with Gasteiger partial charge in [0.1, 0.15) is 0 Å². The highest BCUT2D eigenvalue weighted by molar-refractivity contribution is 5.73. The number of piperidine rings is 1. The van der Waals surface area contributed by atoms with Crippen LogP contribution in [-0.4, -0.2) is 25.5 Å². The Morgan fingerprint density at radius 1 is 1.07 bits per heavy atom. The zero-order valence-electron chi connectivity index (χ0n) is 17.4. The molecule has 1 atom stereocenters. The number of nitrogens with one attached hydrogen (secondary N) is 2. The van der Waals surface area contributed by atoms with Crippen LogP contribution >= 0.6 is 0 Å². The van der Waals surface area contributed by atoms with Crippen LogP contribution in [0.2, 0.25) is 0 Å². The lowest BCUT2D eigenvalue weighted by molar-refractivity contribution is -0.119.